The Morgan fingerprint density at radius 1 is 1.15 bits per heavy atom. The summed E-state index contributed by atoms with van der Waals surface area (Å²) < 4.78 is 16.3. The molecule has 0 spiro atoms. The molecule has 1 amide bonds. The van der Waals surface area contributed by atoms with Gasteiger partial charge in [-0.25, -0.2) is 0 Å². The molecule has 1 N–H and O–H groups in total. The maximum atomic E-state index is 12.3. The summed E-state index contributed by atoms with van der Waals surface area (Å²) in [6, 6.07) is 15.4. The number of hydrogen-bond donors (Lipinski definition) is 1. The Morgan fingerprint density at radius 2 is 1.93 bits per heavy atom. The van der Waals surface area contributed by atoms with Crippen LogP contribution in [0.15, 0.2) is 53.1 Å². The van der Waals surface area contributed by atoms with Crippen LogP contribution in [-0.2, 0) is 17.8 Å². The first-order valence-electron chi connectivity index (χ1n) is 8.63. The molecule has 0 aliphatic rings. The topological polar surface area (TPSA) is 73.6 Å². The molecule has 0 aliphatic heterocycles. The fourth-order valence-corrected chi connectivity index (χ4v) is 2.59. The molecule has 0 bridgehead atoms. The number of carbonyl (C=O) groups is 1. The fraction of sp³-hybridized carbons (Fsp3) is 0.238. The molecule has 0 saturated heterocycles. The normalized spacial score (nSPS) is 10.5. The van der Waals surface area contributed by atoms with Crippen molar-refractivity contribution >= 4 is 11.7 Å². The Hall–Kier alpha value is -3.28. The summed E-state index contributed by atoms with van der Waals surface area (Å²) >= 11 is 0. The third-order valence-corrected chi connectivity index (χ3v) is 4.27. The Labute approximate surface area is 158 Å². The second-order valence-corrected chi connectivity index (χ2v) is 6.19. The minimum absolute atomic E-state index is 0.160. The van der Waals surface area contributed by atoms with E-state index in [1.165, 1.54) is 0 Å². The zero-order valence-corrected chi connectivity index (χ0v) is 15.6. The first kappa shape index (κ1) is 18.5. The third-order valence-electron chi connectivity index (χ3n) is 4.27. The molecule has 2 aromatic carbocycles. The van der Waals surface area contributed by atoms with Gasteiger partial charge in [0.25, 0.3) is 0 Å². The lowest BCUT2D eigenvalue weighted by molar-refractivity contribution is -0.115. The second-order valence-electron chi connectivity index (χ2n) is 6.19. The average Bonchev–Trinajstić information content (AvgIpc) is 3.00. The summed E-state index contributed by atoms with van der Waals surface area (Å²) in [6.45, 7) is 4.12. The lowest BCUT2D eigenvalue weighted by atomic mass is 10.1. The second kappa shape index (κ2) is 8.40. The molecule has 27 heavy (non-hydrogen) atoms. The molecular formula is C21H22N2O4. The zero-order valence-electron chi connectivity index (χ0n) is 15.6. The van der Waals surface area contributed by atoms with Crippen LogP contribution in [0.5, 0.6) is 11.5 Å². The number of rotatable bonds is 7. The summed E-state index contributed by atoms with van der Waals surface area (Å²) in [4.78, 5) is 12.3. The van der Waals surface area contributed by atoms with E-state index in [2.05, 4.69) is 10.5 Å². The lowest BCUT2D eigenvalue weighted by Crippen LogP contribution is -2.15. The maximum absolute atomic E-state index is 12.3. The number of anilines is 1. The first-order chi connectivity index (χ1) is 13.1. The number of aromatic nitrogens is 1. The van der Waals surface area contributed by atoms with Crippen LogP contribution in [0.3, 0.4) is 0 Å². The molecule has 0 atom stereocenters. The first-order valence-corrected chi connectivity index (χ1v) is 8.63. The standard InChI is InChI=1S/C21H22N2O4/c1-14-15(2)27-23-21(14)22-20(24)11-17-9-10-18(12-19(17)25-3)26-13-16-7-5-4-6-8-16/h4-10,12H,11,13H2,1-3H3,(H,22,23,24). The number of nitrogens with zero attached hydrogens (tertiary/aromatic N) is 1. The van der Waals surface area contributed by atoms with Crippen LogP contribution in [0.25, 0.3) is 0 Å². The van der Waals surface area contributed by atoms with Crippen LogP contribution >= 0.6 is 0 Å². The summed E-state index contributed by atoms with van der Waals surface area (Å²) in [5, 5.41) is 6.61. The molecule has 0 aliphatic carbocycles. The van der Waals surface area contributed by atoms with Crippen molar-refractivity contribution in [1.82, 2.24) is 5.16 Å². The molecule has 3 aromatic rings. The largest absolute Gasteiger partial charge is 0.496 e. The molecule has 6 heteroatoms. The average molecular weight is 366 g/mol. The highest BCUT2D eigenvalue weighted by molar-refractivity contribution is 5.92. The molecule has 140 valence electrons. The van der Waals surface area contributed by atoms with Crippen molar-refractivity contribution in [3.05, 3.63) is 71.0 Å². The van der Waals surface area contributed by atoms with Crippen LogP contribution in [0, 0.1) is 13.8 Å². The van der Waals surface area contributed by atoms with Gasteiger partial charge >= 0.3 is 0 Å². The van der Waals surface area contributed by atoms with Gasteiger partial charge < -0.3 is 19.3 Å². The molecule has 1 heterocycles. The SMILES string of the molecule is COc1cc(OCc2ccccc2)ccc1CC(=O)Nc1noc(C)c1C. The van der Waals surface area contributed by atoms with Gasteiger partial charge in [0, 0.05) is 17.2 Å². The van der Waals surface area contributed by atoms with Gasteiger partial charge in [-0.2, -0.15) is 0 Å². The number of hydrogen-bond acceptors (Lipinski definition) is 5. The van der Waals surface area contributed by atoms with E-state index in [1.54, 1.807) is 20.1 Å². The molecule has 1 aromatic heterocycles. The summed E-state index contributed by atoms with van der Waals surface area (Å²) in [5.41, 5.74) is 2.66. The predicted molar refractivity (Wildman–Crippen MR) is 102 cm³/mol. The van der Waals surface area contributed by atoms with Crippen molar-refractivity contribution in [2.75, 3.05) is 12.4 Å². The van der Waals surface area contributed by atoms with E-state index in [1.807, 2.05) is 49.4 Å². The number of aryl methyl sites for hydroxylation is 1. The van der Waals surface area contributed by atoms with E-state index in [4.69, 9.17) is 14.0 Å². The van der Waals surface area contributed by atoms with Gasteiger partial charge in [-0.05, 0) is 25.5 Å². The van der Waals surface area contributed by atoms with Crippen LogP contribution < -0.4 is 14.8 Å². The smallest absolute Gasteiger partial charge is 0.230 e. The van der Waals surface area contributed by atoms with Crippen LogP contribution in [0.2, 0.25) is 0 Å². The van der Waals surface area contributed by atoms with Gasteiger partial charge in [0.1, 0.15) is 23.9 Å². The molecule has 6 nitrogen and oxygen atoms in total. The van der Waals surface area contributed by atoms with Crippen molar-refractivity contribution in [1.29, 1.82) is 0 Å². The number of benzene rings is 2. The maximum Gasteiger partial charge on any atom is 0.230 e. The predicted octanol–water partition coefficient (Wildman–Crippen LogP) is 4.06. The van der Waals surface area contributed by atoms with Crippen molar-refractivity contribution < 1.29 is 18.8 Å². The molecule has 0 fully saturated rings. The van der Waals surface area contributed by atoms with E-state index in [-0.39, 0.29) is 12.3 Å². The van der Waals surface area contributed by atoms with Crippen molar-refractivity contribution in [2.24, 2.45) is 0 Å². The fourth-order valence-electron chi connectivity index (χ4n) is 2.59. The number of ether oxygens (including phenoxy) is 2. The molecular weight excluding hydrogens is 344 g/mol. The zero-order chi connectivity index (χ0) is 19.2. The monoisotopic (exact) mass is 366 g/mol. The van der Waals surface area contributed by atoms with E-state index >= 15 is 0 Å². The van der Waals surface area contributed by atoms with Crippen LogP contribution in [0.4, 0.5) is 5.82 Å². The van der Waals surface area contributed by atoms with Gasteiger partial charge in [-0.3, -0.25) is 4.79 Å². The highest BCUT2D eigenvalue weighted by Crippen LogP contribution is 2.26. The van der Waals surface area contributed by atoms with E-state index in [0.717, 1.165) is 16.7 Å². The number of carbonyl (C=O) groups excluding carboxylic acids is 1. The molecule has 0 radical (unpaired) electrons. The van der Waals surface area contributed by atoms with Crippen molar-refractivity contribution in [2.45, 2.75) is 26.9 Å². The van der Waals surface area contributed by atoms with Gasteiger partial charge in [-0.1, -0.05) is 41.6 Å². The summed E-state index contributed by atoms with van der Waals surface area (Å²) in [7, 11) is 1.57. The minimum atomic E-state index is -0.192. The summed E-state index contributed by atoms with van der Waals surface area (Å²) in [5.74, 6) is 2.22. The highest BCUT2D eigenvalue weighted by atomic mass is 16.5. The van der Waals surface area contributed by atoms with Crippen LogP contribution in [0.1, 0.15) is 22.5 Å². The van der Waals surface area contributed by atoms with Gasteiger partial charge in [0.05, 0.1) is 13.5 Å². The molecule has 3 rings (SSSR count). The van der Waals surface area contributed by atoms with E-state index in [9.17, 15) is 4.79 Å². The van der Waals surface area contributed by atoms with Crippen molar-refractivity contribution in [3.8, 4) is 11.5 Å². The van der Waals surface area contributed by atoms with Gasteiger partial charge in [0.2, 0.25) is 5.91 Å². The lowest BCUT2D eigenvalue weighted by Gasteiger charge is -2.12. The number of nitrogens with one attached hydrogen (secondary N) is 1. The number of amides is 1. The van der Waals surface area contributed by atoms with E-state index in [0.29, 0.717) is 29.7 Å². The quantitative estimate of drug-likeness (QED) is 0.683. The van der Waals surface area contributed by atoms with E-state index < -0.39 is 0 Å². The molecule has 0 saturated carbocycles. The van der Waals surface area contributed by atoms with Crippen molar-refractivity contribution in [3.63, 3.8) is 0 Å². The minimum Gasteiger partial charge on any atom is -0.496 e. The van der Waals surface area contributed by atoms with Crippen LogP contribution in [-0.4, -0.2) is 18.2 Å². The van der Waals surface area contributed by atoms with Gasteiger partial charge in [0.15, 0.2) is 5.82 Å². The Balaban J connectivity index is 1.65. The Kier molecular flexibility index (Phi) is 5.76. The highest BCUT2D eigenvalue weighted by Gasteiger charge is 2.14. The van der Waals surface area contributed by atoms with Gasteiger partial charge in [-0.15, -0.1) is 0 Å². The summed E-state index contributed by atoms with van der Waals surface area (Å²) in [6.07, 6.45) is 0.160. The molecule has 0 unspecified atom stereocenters. The number of methoxy groups -OCH3 is 1. The Bertz CT molecular complexity index is 919. The third kappa shape index (κ3) is 4.67. The Morgan fingerprint density at radius 3 is 2.59 bits per heavy atom.